The van der Waals surface area contributed by atoms with Crippen molar-refractivity contribution in [1.82, 2.24) is 29.7 Å². The highest BCUT2D eigenvalue weighted by atomic mass is 19.1. The maximum atomic E-state index is 12.9. The van der Waals surface area contributed by atoms with E-state index in [4.69, 9.17) is 4.74 Å². The number of carbonyl (C=O) groups excluding carboxylic acids is 1. The van der Waals surface area contributed by atoms with Gasteiger partial charge in [0.1, 0.15) is 23.9 Å². The first-order valence-corrected chi connectivity index (χ1v) is 9.16. The molecule has 0 atom stereocenters. The second-order valence-electron chi connectivity index (χ2n) is 6.76. The molecule has 0 N–H and O–H groups in total. The van der Waals surface area contributed by atoms with E-state index in [0.717, 1.165) is 12.2 Å². The minimum Gasteiger partial charge on any atom is -0.487 e. The average Bonchev–Trinajstić information content (AvgIpc) is 3.26. The van der Waals surface area contributed by atoms with Gasteiger partial charge in [-0.15, -0.1) is 5.10 Å². The molecule has 146 valence electrons. The molecule has 9 heteroatoms. The fraction of sp³-hybridized carbons (Fsp3) is 0.368. The summed E-state index contributed by atoms with van der Waals surface area (Å²) in [7, 11) is 0. The number of nitrogens with zero attached hydrogens (tertiary/aromatic N) is 6. The maximum absolute atomic E-state index is 12.9. The van der Waals surface area contributed by atoms with E-state index in [1.54, 1.807) is 27.9 Å². The van der Waals surface area contributed by atoms with Gasteiger partial charge in [-0.1, -0.05) is 5.21 Å². The van der Waals surface area contributed by atoms with Crippen molar-refractivity contribution in [2.75, 3.05) is 13.1 Å². The van der Waals surface area contributed by atoms with Crippen LogP contribution >= 0.6 is 0 Å². The Kier molecular flexibility index (Phi) is 4.81. The first-order valence-electron chi connectivity index (χ1n) is 9.16. The Morgan fingerprint density at radius 1 is 1.29 bits per heavy atom. The van der Waals surface area contributed by atoms with Crippen LogP contribution in [-0.4, -0.2) is 48.7 Å². The standard InChI is InChI=1S/C19H21FN6O2/c1-3-25-13(2)18(8-21-25)19(27)24-10-16(11-24)26-9-15(22-23-26)12-28-17-6-4-14(20)5-7-17/h4-9,16H,3,10-12H2,1-2H3. The molecular weight excluding hydrogens is 363 g/mol. The fourth-order valence-electron chi connectivity index (χ4n) is 3.18. The molecule has 1 aliphatic rings. The molecule has 0 saturated carbocycles. The van der Waals surface area contributed by atoms with Gasteiger partial charge < -0.3 is 9.64 Å². The molecule has 4 rings (SSSR count). The summed E-state index contributed by atoms with van der Waals surface area (Å²) in [5.41, 5.74) is 2.21. The van der Waals surface area contributed by atoms with Crippen LogP contribution in [0.1, 0.15) is 34.7 Å². The molecule has 1 saturated heterocycles. The van der Waals surface area contributed by atoms with Gasteiger partial charge in [-0.3, -0.25) is 9.48 Å². The van der Waals surface area contributed by atoms with Crippen molar-refractivity contribution in [3.8, 4) is 5.75 Å². The van der Waals surface area contributed by atoms with Crippen molar-refractivity contribution in [3.63, 3.8) is 0 Å². The molecule has 1 fully saturated rings. The number of carbonyl (C=O) groups is 1. The number of likely N-dealkylation sites (tertiary alicyclic amines) is 1. The van der Waals surface area contributed by atoms with Gasteiger partial charge in [0.05, 0.1) is 24.0 Å². The lowest BCUT2D eigenvalue weighted by Crippen LogP contribution is -2.51. The number of benzene rings is 1. The highest BCUT2D eigenvalue weighted by Crippen LogP contribution is 2.24. The summed E-state index contributed by atoms with van der Waals surface area (Å²) in [4.78, 5) is 14.4. The van der Waals surface area contributed by atoms with Gasteiger partial charge in [0.15, 0.2) is 0 Å². The number of amides is 1. The van der Waals surface area contributed by atoms with Crippen LogP contribution in [0.2, 0.25) is 0 Å². The van der Waals surface area contributed by atoms with E-state index in [1.165, 1.54) is 12.1 Å². The summed E-state index contributed by atoms with van der Waals surface area (Å²) in [5, 5.41) is 12.5. The number of hydrogen-bond acceptors (Lipinski definition) is 5. The van der Waals surface area contributed by atoms with Crippen molar-refractivity contribution in [2.45, 2.75) is 33.0 Å². The highest BCUT2D eigenvalue weighted by Gasteiger charge is 2.34. The van der Waals surface area contributed by atoms with Crippen LogP contribution in [0.4, 0.5) is 4.39 Å². The second kappa shape index (κ2) is 7.41. The molecule has 8 nitrogen and oxygen atoms in total. The van der Waals surface area contributed by atoms with E-state index >= 15 is 0 Å². The van der Waals surface area contributed by atoms with Gasteiger partial charge in [-0.25, -0.2) is 9.07 Å². The highest BCUT2D eigenvalue weighted by molar-refractivity contribution is 5.95. The Morgan fingerprint density at radius 3 is 2.71 bits per heavy atom. The predicted molar refractivity (Wildman–Crippen MR) is 98.3 cm³/mol. The van der Waals surface area contributed by atoms with Crippen LogP contribution in [0.5, 0.6) is 5.75 Å². The van der Waals surface area contributed by atoms with E-state index < -0.39 is 0 Å². The van der Waals surface area contributed by atoms with Crippen LogP contribution in [0.15, 0.2) is 36.7 Å². The van der Waals surface area contributed by atoms with Crippen LogP contribution in [-0.2, 0) is 13.2 Å². The number of aryl methyl sites for hydroxylation is 1. The lowest BCUT2D eigenvalue weighted by molar-refractivity contribution is 0.0497. The Balaban J connectivity index is 1.31. The van der Waals surface area contributed by atoms with Crippen molar-refractivity contribution in [1.29, 1.82) is 0 Å². The van der Waals surface area contributed by atoms with E-state index in [2.05, 4.69) is 15.4 Å². The fourth-order valence-corrected chi connectivity index (χ4v) is 3.18. The third-order valence-corrected chi connectivity index (χ3v) is 4.91. The molecule has 0 unspecified atom stereocenters. The quantitative estimate of drug-likeness (QED) is 0.651. The molecule has 0 spiro atoms. The van der Waals surface area contributed by atoms with E-state index in [1.807, 2.05) is 24.7 Å². The largest absolute Gasteiger partial charge is 0.487 e. The Hall–Kier alpha value is -3.23. The minimum atomic E-state index is -0.306. The lowest BCUT2D eigenvalue weighted by Gasteiger charge is -2.38. The Morgan fingerprint density at radius 2 is 2.04 bits per heavy atom. The third kappa shape index (κ3) is 3.47. The van der Waals surface area contributed by atoms with Crippen molar-refractivity contribution < 1.29 is 13.9 Å². The van der Waals surface area contributed by atoms with Gasteiger partial charge in [0.25, 0.3) is 5.91 Å². The summed E-state index contributed by atoms with van der Waals surface area (Å²) in [6.07, 6.45) is 3.45. The van der Waals surface area contributed by atoms with Crippen LogP contribution in [0.25, 0.3) is 0 Å². The van der Waals surface area contributed by atoms with E-state index in [9.17, 15) is 9.18 Å². The number of rotatable bonds is 6. The zero-order valence-electron chi connectivity index (χ0n) is 15.7. The van der Waals surface area contributed by atoms with Crippen molar-refractivity contribution >= 4 is 5.91 Å². The number of ether oxygens (including phenoxy) is 1. The van der Waals surface area contributed by atoms with Crippen molar-refractivity contribution in [3.05, 3.63) is 59.4 Å². The van der Waals surface area contributed by atoms with Crippen molar-refractivity contribution in [2.24, 2.45) is 0 Å². The summed E-state index contributed by atoms with van der Waals surface area (Å²) in [6, 6.07) is 5.92. The summed E-state index contributed by atoms with van der Waals surface area (Å²) in [6.45, 7) is 6.05. The molecule has 28 heavy (non-hydrogen) atoms. The summed E-state index contributed by atoms with van der Waals surface area (Å²) < 4.78 is 22.1. The topological polar surface area (TPSA) is 78.1 Å². The predicted octanol–water partition coefficient (Wildman–Crippen LogP) is 2.22. The number of aromatic nitrogens is 5. The Labute approximate surface area is 161 Å². The van der Waals surface area contributed by atoms with Crippen LogP contribution in [0.3, 0.4) is 0 Å². The molecule has 3 heterocycles. The molecule has 0 bridgehead atoms. The second-order valence-corrected chi connectivity index (χ2v) is 6.76. The molecule has 0 aliphatic carbocycles. The molecule has 3 aromatic rings. The lowest BCUT2D eigenvalue weighted by atomic mass is 10.1. The molecule has 1 aliphatic heterocycles. The molecule has 1 aromatic carbocycles. The van der Waals surface area contributed by atoms with Crippen LogP contribution in [0, 0.1) is 12.7 Å². The van der Waals surface area contributed by atoms with Gasteiger partial charge in [-0.2, -0.15) is 5.10 Å². The molecule has 2 aromatic heterocycles. The maximum Gasteiger partial charge on any atom is 0.257 e. The summed E-state index contributed by atoms with van der Waals surface area (Å²) in [5.74, 6) is 0.257. The average molecular weight is 384 g/mol. The van der Waals surface area contributed by atoms with Gasteiger partial charge in [0.2, 0.25) is 0 Å². The summed E-state index contributed by atoms with van der Waals surface area (Å²) >= 11 is 0. The Bertz CT molecular complexity index is 975. The SMILES string of the molecule is CCn1ncc(C(=O)N2CC(n3cc(COc4ccc(F)cc4)nn3)C2)c1C. The molecule has 0 radical (unpaired) electrons. The number of hydrogen-bond donors (Lipinski definition) is 0. The van der Waals surface area contributed by atoms with E-state index in [-0.39, 0.29) is 24.4 Å². The minimum absolute atomic E-state index is 0.00608. The zero-order valence-corrected chi connectivity index (χ0v) is 15.7. The molecule has 1 amide bonds. The van der Waals surface area contributed by atoms with E-state index in [0.29, 0.717) is 30.1 Å². The normalized spacial score (nSPS) is 14.2. The third-order valence-electron chi connectivity index (χ3n) is 4.91. The van der Waals surface area contributed by atoms with Gasteiger partial charge in [-0.05, 0) is 38.1 Å². The number of halogens is 1. The zero-order chi connectivity index (χ0) is 19.7. The van der Waals surface area contributed by atoms with Gasteiger partial charge in [0, 0.05) is 25.3 Å². The first kappa shape index (κ1) is 18.1. The first-order chi connectivity index (χ1) is 13.5. The smallest absolute Gasteiger partial charge is 0.257 e. The van der Waals surface area contributed by atoms with Gasteiger partial charge >= 0.3 is 0 Å². The molecular formula is C19H21FN6O2. The monoisotopic (exact) mass is 384 g/mol. The van der Waals surface area contributed by atoms with Crippen LogP contribution < -0.4 is 4.74 Å².